The van der Waals surface area contributed by atoms with E-state index in [2.05, 4.69) is 4.74 Å². The van der Waals surface area contributed by atoms with Crippen LogP contribution >= 0.6 is 0 Å². The number of rotatable bonds is 4. The van der Waals surface area contributed by atoms with Gasteiger partial charge in [-0.25, -0.2) is 4.39 Å². The van der Waals surface area contributed by atoms with E-state index in [1.807, 2.05) is 0 Å². The summed E-state index contributed by atoms with van der Waals surface area (Å²) in [4.78, 5) is 27.5. The number of piperazine rings is 1. The average Bonchev–Trinajstić information content (AvgIpc) is 3.07. The van der Waals surface area contributed by atoms with Gasteiger partial charge in [0.25, 0.3) is 5.91 Å². The zero-order chi connectivity index (χ0) is 18.8. The van der Waals surface area contributed by atoms with Gasteiger partial charge in [-0.15, -0.1) is 0 Å². The van der Waals surface area contributed by atoms with Crippen molar-refractivity contribution in [2.75, 3.05) is 26.2 Å². The third-order valence-electron chi connectivity index (χ3n) is 4.37. The standard InChI is InChI=1S/C17H17F3N2O4/c1-10-8-21(5-6-22(10)14(23)9-26-17(19)20)16(24)15-11-4-7-25-13(11)3-2-12(15)18/h2-4,7,10,17H,5-6,8-9H2,1H3. The number of fused-ring (bicyclic) bond motifs is 1. The number of carbonyl (C=O) groups excluding carboxylic acids is 2. The Hall–Kier alpha value is -2.55. The fourth-order valence-electron chi connectivity index (χ4n) is 3.12. The van der Waals surface area contributed by atoms with Crippen molar-refractivity contribution in [2.24, 2.45) is 0 Å². The molecule has 6 nitrogen and oxygen atoms in total. The van der Waals surface area contributed by atoms with Gasteiger partial charge in [-0.05, 0) is 25.1 Å². The molecule has 2 aromatic rings. The molecule has 1 saturated heterocycles. The van der Waals surface area contributed by atoms with E-state index in [4.69, 9.17) is 4.42 Å². The number of ether oxygens (including phenoxy) is 1. The first kappa shape index (κ1) is 18.2. The highest BCUT2D eigenvalue weighted by molar-refractivity contribution is 6.06. The van der Waals surface area contributed by atoms with Gasteiger partial charge < -0.3 is 19.0 Å². The van der Waals surface area contributed by atoms with Crippen LogP contribution in [0.5, 0.6) is 0 Å². The number of hydrogen-bond acceptors (Lipinski definition) is 4. The second-order valence-corrected chi connectivity index (χ2v) is 6.01. The Morgan fingerprint density at radius 1 is 1.31 bits per heavy atom. The van der Waals surface area contributed by atoms with Crippen molar-refractivity contribution in [3.05, 3.63) is 35.8 Å². The zero-order valence-electron chi connectivity index (χ0n) is 14.0. The molecule has 1 aliphatic rings. The molecule has 0 saturated carbocycles. The molecule has 0 N–H and O–H groups in total. The van der Waals surface area contributed by atoms with Gasteiger partial charge in [0.05, 0.1) is 11.8 Å². The Morgan fingerprint density at radius 3 is 2.77 bits per heavy atom. The smallest absolute Gasteiger partial charge is 0.345 e. The van der Waals surface area contributed by atoms with Crippen LogP contribution in [-0.4, -0.2) is 60.5 Å². The van der Waals surface area contributed by atoms with Gasteiger partial charge in [-0.1, -0.05) is 0 Å². The SMILES string of the molecule is CC1CN(C(=O)c2c(F)ccc3occc23)CCN1C(=O)COC(F)F. The van der Waals surface area contributed by atoms with Crippen molar-refractivity contribution in [3.8, 4) is 0 Å². The highest BCUT2D eigenvalue weighted by Gasteiger charge is 2.32. The van der Waals surface area contributed by atoms with Crippen molar-refractivity contribution >= 4 is 22.8 Å². The molecule has 1 fully saturated rings. The van der Waals surface area contributed by atoms with Crippen LogP contribution < -0.4 is 0 Å². The molecule has 1 atom stereocenters. The van der Waals surface area contributed by atoms with E-state index in [0.29, 0.717) is 11.0 Å². The maximum Gasteiger partial charge on any atom is 0.345 e. The lowest BCUT2D eigenvalue weighted by Crippen LogP contribution is -2.56. The first-order valence-corrected chi connectivity index (χ1v) is 8.02. The monoisotopic (exact) mass is 370 g/mol. The van der Waals surface area contributed by atoms with E-state index in [9.17, 15) is 22.8 Å². The number of furan rings is 1. The van der Waals surface area contributed by atoms with E-state index in [1.54, 1.807) is 6.92 Å². The highest BCUT2D eigenvalue weighted by Crippen LogP contribution is 2.25. The molecule has 1 aromatic heterocycles. The van der Waals surface area contributed by atoms with Crippen LogP contribution in [0.3, 0.4) is 0 Å². The number of benzene rings is 1. The second-order valence-electron chi connectivity index (χ2n) is 6.01. The van der Waals surface area contributed by atoms with Crippen molar-refractivity contribution in [1.29, 1.82) is 0 Å². The number of halogens is 3. The molecule has 2 amide bonds. The quantitative estimate of drug-likeness (QED) is 0.830. The molecule has 140 valence electrons. The minimum Gasteiger partial charge on any atom is -0.464 e. The number of hydrogen-bond donors (Lipinski definition) is 0. The lowest BCUT2D eigenvalue weighted by Gasteiger charge is -2.40. The van der Waals surface area contributed by atoms with Gasteiger partial charge in [-0.3, -0.25) is 9.59 Å². The molecule has 26 heavy (non-hydrogen) atoms. The molecule has 0 radical (unpaired) electrons. The number of alkyl halides is 2. The van der Waals surface area contributed by atoms with Crippen molar-refractivity contribution in [1.82, 2.24) is 9.80 Å². The summed E-state index contributed by atoms with van der Waals surface area (Å²) in [6.07, 6.45) is 1.38. The summed E-state index contributed by atoms with van der Waals surface area (Å²) < 4.78 is 47.6. The van der Waals surface area contributed by atoms with Gasteiger partial charge in [0.2, 0.25) is 5.91 Å². The summed E-state index contributed by atoms with van der Waals surface area (Å²) in [6, 6.07) is 3.73. The Bertz CT molecular complexity index is 823. The first-order valence-electron chi connectivity index (χ1n) is 8.02. The van der Waals surface area contributed by atoms with E-state index in [-0.39, 0.29) is 25.2 Å². The molecule has 1 aliphatic heterocycles. The van der Waals surface area contributed by atoms with Crippen LogP contribution in [0.1, 0.15) is 17.3 Å². The van der Waals surface area contributed by atoms with Gasteiger partial charge >= 0.3 is 6.61 Å². The Morgan fingerprint density at radius 2 is 2.08 bits per heavy atom. The molecular weight excluding hydrogens is 353 g/mol. The van der Waals surface area contributed by atoms with Crippen LogP contribution in [0, 0.1) is 5.82 Å². The van der Waals surface area contributed by atoms with E-state index >= 15 is 0 Å². The molecule has 0 bridgehead atoms. The predicted octanol–water partition coefficient (Wildman–Crippen LogP) is 2.48. The Balaban J connectivity index is 1.72. The number of nitrogens with zero attached hydrogens (tertiary/aromatic N) is 2. The molecule has 3 rings (SSSR count). The first-order chi connectivity index (χ1) is 12.4. The van der Waals surface area contributed by atoms with E-state index < -0.39 is 36.9 Å². The summed E-state index contributed by atoms with van der Waals surface area (Å²) in [6.45, 7) is -1.57. The van der Waals surface area contributed by atoms with Gasteiger partial charge in [-0.2, -0.15) is 8.78 Å². The number of amides is 2. The molecule has 1 unspecified atom stereocenters. The van der Waals surface area contributed by atoms with Crippen molar-refractivity contribution in [2.45, 2.75) is 19.6 Å². The molecule has 9 heteroatoms. The summed E-state index contributed by atoms with van der Waals surface area (Å²) >= 11 is 0. The van der Waals surface area contributed by atoms with E-state index in [1.165, 1.54) is 34.3 Å². The van der Waals surface area contributed by atoms with Gasteiger partial charge in [0, 0.05) is 31.1 Å². The topological polar surface area (TPSA) is 63.0 Å². The predicted molar refractivity (Wildman–Crippen MR) is 85.2 cm³/mol. The molecule has 0 aliphatic carbocycles. The summed E-state index contributed by atoms with van der Waals surface area (Å²) in [7, 11) is 0. The van der Waals surface area contributed by atoms with Crippen molar-refractivity contribution < 1.29 is 31.9 Å². The van der Waals surface area contributed by atoms with Gasteiger partial charge in [0.1, 0.15) is 18.0 Å². The lowest BCUT2D eigenvalue weighted by atomic mass is 10.1. The third kappa shape index (κ3) is 3.52. The summed E-state index contributed by atoms with van der Waals surface area (Å²) in [5.41, 5.74) is 0.324. The van der Waals surface area contributed by atoms with Crippen LogP contribution in [0.2, 0.25) is 0 Å². The van der Waals surface area contributed by atoms with Gasteiger partial charge in [0.15, 0.2) is 0 Å². The fourth-order valence-corrected chi connectivity index (χ4v) is 3.12. The van der Waals surface area contributed by atoms with E-state index in [0.717, 1.165) is 0 Å². The Kier molecular flexibility index (Phi) is 5.17. The minimum absolute atomic E-state index is 0.0794. The van der Waals surface area contributed by atoms with Crippen LogP contribution in [0.4, 0.5) is 13.2 Å². The summed E-state index contributed by atoms with van der Waals surface area (Å²) in [5.74, 6) is -1.73. The fraction of sp³-hybridized carbons (Fsp3) is 0.412. The normalized spacial score (nSPS) is 18.0. The third-order valence-corrected chi connectivity index (χ3v) is 4.37. The van der Waals surface area contributed by atoms with Crippen LogP contribution in [0.15, 0.2) is 28.9 Å². The van der Waals surface area contributed by atoms with Crippen LogP contribution in [-0.2, 0) is 9.53 Å². The highest BCUT2D eigenvalue weighted by atomic mass is 19.3. The zero-order valence-corrected chi connectivity index (χ0v) is 14.0. The van der Waals surface area contributed by atoms with Crippen LogP contribution in [0.25, 0.3) is 11.0 Å². The maximum atomic E-state index is 14.2. The molecule has 2 heterocycles. The molecule has 1 aromatic carbocycles. The molecular formula is C17H17F3N2O4. The largest absolute Gasteiger partial charge is 0.464 e. The average molecular weight is 370 g/mol. The number of carbonyl (C=O) groups is 2. The summed E-state index contributed by atoms with van der Waals surface area (Å²) in [5, 5.41) is 0.381. The second kappa shape index (κ2) is 7.36. The Labute approximate surface area is 147 Å². The van der Waals surface area contributed by atoms with Crippen molar-refractivity contribution in [3.63, 3.8) is 0 Å². The lowest BCUT2D eigenvalue weighted by molar-refractivity contribution is -0.162. The molecule has 0 spiro atoms. The maximum absolute atomic E-state index is 14.2. The minimum atomic E-state index is -3.02.